The van der Waals surface area contributed by atoms with E-state index in [1.165, 1.54) is 0 Å². The minimum absolute atomic E-state index is 0.00414. The molecule has 2 fully saturated rings. The van der Waals surface area contributed by atoms with E-state index in [1.807, 2.05) is 43.3 Å². The second kappa shape index (κ2) is 7.99. The largest absolute Gasteiger partial charge is 0.392 e. The summed E-state index contributed by atoms with van der Waals surface area (Å²) in [6.07, 6.45) is 2.54. The number of aromatic nitrogens is 4. The molecule has 2 aliphatic carbocycles. The summed E-state index contributed by atoms with van der Waals surface area (Å²) in [4.78, 5) is 19.0. The molecule has 8 heteroatoms. The Morgan fingerprint density at radius 2 is 1.94 bits per heavy atom. The van der Waals surface area contributed by atoms with E-state index in [-0.39, 0.29) is 17.6 Å². The van der Waals surface area contributed by atoms with Crippen molar-refractivity contribution in [3.8, 4) is 10.6 Å². The number of rotatable bonds is 6. The lowest BCUT2D eigenvalue weighted by molar-refractivity contribution is 0.175. The molecule has 2 aliphatic rings. The van der Waals surface area contributed by atoms with Gasteiger partial charge in [0.2, 0.25) is 5.95 Å². The molecule has 1 aromatic carbocycles. The topological polar surface area (TPSA) is 95.9 Å². The van der Waals surface area contributed by atoms with Gasteiger partial charge in [0.15, 0.2) is 0 Å². The lowest BCUT2D eigenvalue weighted by Gasteiger charge is -2.26. The molecule has 2 saturated carbocycles. The predicted molar refractivity (Wildman–Crippen MR) is 136 cm³/mol. The maximum absolute atomic E-state index is 10.4. The SMILES string of the molecule is Cc1nc(NCc2ccccn2)nc(NC2CC3C(O)C3(C)C2C)c1-c1nc2ccccc2s1. The van der Waals surface area contributed by atoms with Gasteiger partial charge in [0, 0.05) is 17.7 Å². The van der Waals surface area contributed by atoms with Crippen LogP contribution in [-0.4, -0.2) is 37.2 Å². The van der Waals surface area contributed by atoms with Crippen LogP contribution in [0.4, 0.5) is 11.8 Å². The van der Waals surface area contributed by atoms with Gasteiger partial charge in [-0.05, 0) is 49.4 Å². The highest BCUT2D eigenvalue weighted by molar-refractivity contribution is 7.21. The van der Waals surface area contributed by atoms with Crippen molar-refractivity contribution in [2.75, 3.05) is 10.6 Å². The third kappa shape index (κ3) is 3.44. The Kier molecular flexibility index (Phi) is 5.04. The van der Waals surface area contributed by atoms with E-state index in [0.29, 0.717) is 24.3 Å². The molecule has 0 aliphatic heterocycles. The maximum Gasteiger partial charge on any atom is 0.225 e. The molecular formula is C26H28N6OS. The zero-order chi connectivity index (χ0) is 23.4. The fraction of sp³-hybridized carbons (Fsp3) is 0.385. The zero-order valence-electron chi connectivity index (χ0n) is 19.5. The van der Waals surface area contributed by atoms with Crippen LogP contribution < -0.4 is 10.6 Å². The summed E-state index contributed by atoms with van der Waals surface area (Å²) in [5.41, 5.74) is 3.73. The average Bonchev–Trinajstić information content (AvgIpc) is 3.13. The van der Waals surface area contributed by atoms with Gasteiger partial charge >= 0.3 is 0 Å². The number of aryl methyl sites for hydroxylation is 1. The van der Waals surface area contributed by atoms with Crippen molar-refractivity contribution >= 4 is 33.3 Å². The van der Waals surface area contributed by atoms with Gasteiger partial charge < -0.3 is 15.7 Å². The predicted octanol–water partition coefficient (Wildman–Crippen LogP) is 4.89. The van der Waals surface area contributed by atoms with Crippen LogP contribution in [-0.2, 0) is 6.54 Å². The van der Waals surface area contributed by atoms with Gasteiger partial charge in [0.25, 0.3) is 0 Å². The molecule has 5 atom stereocenters. The number of aliphatic hydroxyl groups is 1. The third-order valence-corrected chi connectivity index (χ3v) is 8.93. The Balaban J connectivity index is 1.36. The standard InChI is InChI=1S/C26H28N6OS/c1-14-19(12-17-22(33)26(14,17)3)30-23-21(24-31-18-9-4-5-10-20(18)34-24)15(2)29-25(32-23)28-13-16-8-6-7-11-27-16/h4-11,14,17,19,22,33H,12-13H2,1-3H3,(H2,28,29,30,32). The molecular weight excluding hydrogens is 444 g/mol. The Bertz CT molecular complexity index is 1330. The molecule has 3 N–H and O–H groups in total. The molecule has 174 valence electrons. The molecule has 0 radical (unpaired) electrons. The van der Waals surface area contributed by atoms with E-state index in [0.717, 1.165) is 44.4 Å². The van der Waals surface area contributed by atoms with E-state index in [2.05, 4.69) is 35.5 Å². The van der Waals surface area contributed by atoms with Crippen molar-refractivity contribution in [2.24, 2.45) is 17.3 Å². The molecule has 3 aromatic heterocycles. The second-order valence-corrected chi connectivity index (χ2v) is 10.7. The maximum atomic E-state index is 10.4. The number of hydrogen-bond acceptors (Lipinski definition) is 8. The van der Waals surface area contributed by atoms with Gasteiger partial charge in [-0.3, -0.25) is 4.98 Å². The normalized spacial score (nSPS) is 27.5. The number of nitrogens with one attached hydrogen (secondary N) is 2. The van der Waals surface area contributed by atoms with Crippen molar-refractivity contribution in [1.29, 1.82) is 0 Å². The smallest absolute Gasteiger partial charge is 0.225 e. The Labute approximate surface area is 202 Å². The Morgan fingerprint density at radius 3 is 2.68 bits per heavy atom. The molecule has 0 saturated heterocycles. The average molecular weight is 473 g/mol. The monoisotopic (exact) mass is 472 g/mol. The lowest BCUT2D eigenvalue weighted by Crippen LogP contribution is -2.31. The number of anilines is 2. The first-order valence-corrected chi connectivity index (χ1v) is 12.6. The molecule has 0 spiro atoms. The summed E-state index contributed by atoms with van der Waals surface area (Å²) in [6, 6.07) is 14.3. The van der Waals surface area contributed by atoms with Crippen LogP contribution in [0, 0.1) is 24.2 Å². The first-order valence-electron chi connectivity index (χ1n) is 11.8. The fourth-order valence-electron chi connectivity index (χ4n) is 5.52. The van der Waals surface area contributed by atoms with E-state index in [9.17, 15) is 5.11 Å². The minimum atomic E-state index is -0.188. The van der Waals surface area contributed by atoms with Crippen LogP contribution >= 0.6 is 11.3 Å². The molecule has 34 heavy (non-hydrogen) atoms. The first-order chi connectivity index (χ1) is 16.4. The zero-order valence-corrected chi connectivity index (χ0v) is 20.3. The van der Waals surface area contributed by atoms with E-state index < -0.39 is 0 Å². The number of para-hydroxylation sites is 1. The number of pyridine rings is 1. The van der Waals surface area contributed by atoms with Gasteiger partial charge in [-0.15, -0.1) is 11.3 Å². The van der Waals surface area contributed by atoms with E-state index in [1.54, 1.807) is 17.5 Å². The summed E-state index contributed by atoms with van der Waals surface area (Å²) in [7, 11) is 0. The number of hydrogen-bond donors (Lipinski definition) is 3. The van der Waals surface area contributed by atoms with Crippen molar-refractivity contribution in [3.63, 3.8) is 0 Å². The number of fused-ring (bicyclic) bond motifs is 2. The lowest BCUT2D eigenvalue weighted by atomic mass is 9.90. The summed E-state index contributed by atoms with van der Waals surface area (Å²) >= 11 is 1.66. The molecule has 4 aromatic rings. The minimum Gasteiger partial charge on any atom is -0.392 e. The Morgan fingerprint density at radius 1 is 1.12 bits per heavy atom. The second-order valence-electron chi connectivity index (χ2n) is 9.71. The number of thiazole rings is 1. The molecule has 7 nitrogen and oxygen atoms in total. The third-order valence-electron chi connectivity index (χ3n) is 7.87. The van der Waals surface area contributed by atoms with Crippen LogP contribution in [0.3, 0.4) is 0 Å². The van der Waals surface area contributed by atoms with Crippen molar-refractivity contribution in [3.05, 3.63) is 60.0 Å². The number of aliphatic hydroxyl groups excluding tert-OH is 1. The molecule has 3 heterocycles. The number of nitrogens with zero attached hydrogens (tertiary/aromatic N) is 4. The summed E-state index contributed by atoms with van der Waals surface area (Å²) in [5.74, 6) is 2.07. The van der Waals surface area contributed by atoms with Crippen LogP contribution in [0.2, 0.25) is 0 Å². The van der Waals surface area contributed by atoms with E-state index in [4.69, 9.17) is 15.0 Å². The quantitative estimate of drug-likeness (QED) is 0.368. The Hall–Kier alpha value is -3.10. The van der Waals surface area contributed by atoms with Crippen LogP contribution in [0.1, 0.15) is 31.7 Å². The van der Waals surface area contributed by atoms with E-state index >= 15 is 0 Å². The van der Waals surface area contributed by atoms with Crippen molar-refractivity contribution in [2.45, 2.75) is 45.9 Å². The first kappa shape index (κ1) is 21.4. The summed E-state index contributed by atoms with van der Waals surface area (Å²) in [5, 5.41) is 18.3. The van der Waals surface area contributed by atoms with Crippen molar-refractivity contribution < 1.29 is 5.11 Å². The van der Waals surface area contributed by atoms with Gasteiger partial charge in [-0.1, -0.05) is 32.0 Å². The highest BCUT2D eigenvalue weighted by Gasteiger charge is 2.69. The molecule has 0 bridgehead atoms. The summed E-state index contributed by atoms with van der Waals surface area (Å²) in [6.45, 7) is 7.00. The van der Waals surface area contributed by atoms with Gasteiger partial charge in [0.05, 0.1) is 39.8 Å². The van der Waals surface area contributed by atoms with Crippen molar-refractivity contribution in [1.82, 2.24) is 19.9 Å². The van der Waals surface area contributed by atoms with Gasteiger partial charge in [0.1, 0.15) is 10.8 Å². The van der Waals surface area contributed by atoms with Gasteiger partial charge in [-0.25, -0.2) is 9.97 Å². The highest BCUT2D eigenvalue weighted by Crippen LogP contribution is 2.66. The molecule has 0 amide bonds. The molecule has 6 rings (SSSR count). The summed E-state index contributed by atoms with van der Waals surface area (Å²) < 4.78 is 1.14. The van der Waals surface area contributed by atoms with Gasteiger partial charge in [-0.2, -0.15) is 4.98 Å². The highest BCUT2D eigenvalue weighted by atomic mass is 32.1. The number of benzene rings is 1. The van der Waals surface area contributed by atoms with Crippen LogP contribution in [0.25, 0.3) is 20.8 Å². The molecule has 5 unspecified atom stereocenters. The fourth-order valence-corrected chi connectivity index (χ4v) is 6.59. The van der Waals surface area contributed by atoms with Crippen LogP contribution in [0.15, 0.2) is 48.7 Å². The van der Waals surface area contributed by atoms with Crippen LogP contribution in [0.5, 0.6) is 0 Å².